The lowest BCUT2D eigenvalue weighted by atomic mass is 9.78. The summed E-state index contributed by atoms with van der Waals surface area (Å²) in [6.45, 7) is 12.2. The summed E-state index contributed by atoms with van der Waals surface area (Å²) >= 11 is 0. The summed E-state index contributed by atoms with van der Waals surface area (Å²) in [5, 5.41) is 13.8. The van der Waals surface area contributed by atoms with Gasteiger partial charge in [0.2, 0.25) is 0 Å². The second-order valence-corrected chi connectivity index (χ2v) is 9.32. The number of nitrogens with one attached hydrogen (secondary N) is 1. The van der Waals surface area contributed by atoms with E-state index in [0.717, 1.165) is 22.5 Å². The van der Waals surface area contributed by atoms with Gasteiger partial charge in [0.25, 0.3) is 5.91 Å². The lowest BCUT2D eigenvalue weighted by molar-refractivity contribution is 0.102. The standard InChI is InChI=1S/C23H32N2O2/c1-22(2,3)18-13-15(14-19(20(18)26)23(4,5)6)21(27)24-16-9-11-17(12-10-16)25(7)8/h9-14,26H,1-8H3,(H,24,27). The van der Waals surface area contributed by atoms with Crippen LogP contribution in [-0.4, -0.2) is 25.1 Å². The Balaban J connectivity index is 2.43. The highest BCUT2D eigenvalue weighted by Gasteiger charge is 2.27. The number of phenols is 1. The van der Waals surface area contributed by atoms with Crippen molar-refractivity contribution in [3.8, 4) is 5.75 Å². The lowest BCUT2D eigenvalue weighted by Crippen LogP contribution is -2.20. The molecule has 0 fully saturated rings. The van der Waals surface area contributed by atoms with E-state index in [-0.39, 0.29) is 22.5 Å². The Morgan fingerprint density at radius 3 is 1.70 bits per heavy atom. The molecule has 0 aliphatic carbocycles. The van der Waals surface area contributed by atoms with Crippen LogP contribution in [0.15, 0.2) is 36.4 Å². The van der Waals surface area contributed by atoms with Gasteiger partial charge in [-0.05, 0) is 47.2 Å². The summed E-state index contributed by atoms with van der Waals surface area (Å²) in [6, 6.07) is 11.3. The maximum absolute atomic E-state index is 12.9. The molecule has 0 atom stereocenters. The van der Waals surface area contributed by atoms with E-state index in [2.05, 4.69) is 5.32 Å². The largest absolute Gasteiger partial charge is 0.507 e. The highest BCUT2D eigenvalue weighted by atomic mass is 16.3. The molecule has 2 rings (SSSR count). The molecule has 1 amide bonds. The van der Waals surface area contributed by atoms with E-state index in [1.165, 1.54) is 0 Å². The molecule has 0 aliphatic rings. The van der Waals surface area contributed by atoms with Crippen LogP contribution in [0.4, 0.5) is 11.4 Å². The smallest absolute Gasteiger partial charge is 0.255 e. The SMILES string of the molecule is CN(C)c1ccc(NC(=O)c2cc(C(C)(C)C)c(O)c(C(C)(C)C)c2)cc1. The van der Waals surface area contributed by atoms with Gasteiger partial charge in [-0.1, -0.05) is 41.5 Å². The van der Waals surface area contributed by atoms with Crippen molar-refractivity contribution >= 4 is 17.3 Å². The molecule has 0 aliphatic heterocycles. The zero-order valence-electron chi connectivity index (χ0n) is 17.8. The summed E-state index contributed by atoms with van der Waals surface area (Å²) in [7, 11) is 3.96. The third-order valence-electron chi connectivity index (χ3n) is 4.63. The maximum atomic E-state index is 12.9. The van der Waals surface area contributed by atoms with Crippen LogP contribution in [0.25, 0.3) is 0 Å². The van der Waals surface area contributed by atoms with Crippen molar-refractivity contribution in [3.63, 3.8) is 0 Å². The van der Waals surface area contributed by atoms with E-state index in [1.807, 2.05) is 84.8 Å². The molecule has 0 heterocycles. The highest BCUT2D eigenvalue weighted by molar-refractivity contribution is 6.04. The summed E-state index contributed by atoms with van der Waals surface area (Å²) < 4.78 is 0. The molecule has 4 nitrogen and oxygen atoms in total. The molecule has 0 aromatic heterocycles. The predicted octanol–water partition coefficient (Wildman–Crippen LogP) is 5.31. The van der Waals surface area contributed by atoms with Crippen LogP contribution < -0.4 is 10.2 Å². The molecule has 0 bridgehead atoms. The van der Waals surface area contributed by atoms with Gasteiger partial charge >= 0.3 is 0 Å². The second-order valence-electron chi connectivity index (χ2n) is 9.32. The molecule has 0 spiro atoms. The maximum Gasteiger partial charge on any atom is 0.255 e. The van der Waals surface area contributed by atoms with Crippen molar-refractivity contribution in [2.24, 2.45) is 0 Å². The monoisotopic (exact) mass is 368 g/mol. The molecule has 0 saturated heterocycles. The normalized spacial score (nSPS) is 12.0. The molecule has 4 heteroatoms. The van der Waals surface area contributed by atoms with E-state index >= 15 is 0 Å². The summed E-state index contributed by atoms with van der Waals surface area (Å²) in [6.07, 6.45) is 0. The van der Waals surface area contributed by atoms with Gasteiger partial charge in [0.05, 0.1) is 0 Å². The predicted molar refractivity (Wildman–Crippen MR) is 114 cm³/mol. The van der Waals surface area contributed by atoms with Gasteiger partial charge in [0.1, 0.15) is 5.75 Å². The quantitative estimate of drug-likeness (QED) is 0.772. The fraction of sp³-hybridized carbons (Fsp3) is 0.435. The minimum absolute atomic E-state index is 0.177. The summed E-state index contributed by atoms with van der Waals surface area (Å²) in [5.41, 5.74) is 3.39. The molecular formula is C23H32N2O2. The van der Waals surface area contributed by atoms with Crippen LogP contribution in [-0.2, 0) is 10.8 Å². The molecule has 2 aromatic rings. The van der Waals surface area contributed by atoms with Crippen LogP contribution in [0, 0.1) is 0 Å². The molecule has 146 valence electrons. The van der Waals surface area contributed by atoms with Crippen LogP contribution in [0.1, 0.15) is 63.0 Å². The van der Waals surface area contributed by atoms with Crippen LogP contribution in [0.2, 0.25) is 0 Å². The highest BCUT2D eigenvalue weighted by Crippen LogP contribution is 2.39. The Labute approximate surface area is 163 Å². The Kier molecular flexibility index (Phi) is 5.60. The van der Waals surface area contributed by atoms with E-state index < -0.39 is 0 Å². The fourth-order valence-electron chi connectivity index (χ4n) is 2.96. The van der Waals surface area contributed by atoms with Crippen LogP contribution in [0.3, 0.4) is 0 Å². The van der Waals surface area contributed by atoms with Gasteiger partial charge in [-0.25, -0.2) is 0 Å². The number of carbonyl (C=O) groups excluding carboxylic acids is 1. The third kappa shape index (κ3) is 4.82. The van der Waals surface area contributed by atoms with E-state index in [4.69, 9.17) is 0 Å². The number of anilines is 2. The number of nitrogens with zero attached hydrogens (tertiary/aromatic N) is 1. The zero-order chi connectivity index (χ0) is 20.6. The minimum atomic E-state index is -0.270. The molecule has 2 aromatic carbocycles. The number of hydrogen-bond donors (Lipinski definition) is 2. The van der Waals surface area contributed by atoms with Crippen molar-refractivity contribution in [3.05, 3.63) is 53.1 Å². The molecule has 0 saturated carbocycles. The van der Waals surface area contributed by atoms with Crippen LogP contribution in [0.5, 0.6) is 5.75 Å². The van der Waals surface area contributed by atoms with Crippen molar-refractivity contribution in [1.82, 2.24) is 0 Å². The van der Waals surface area contributed by atoms with E-state index in [9.17, 15) is 9.90 Å². The summed E-state index contributed by atoms with van der Waals surface area (Å²) in [4.78, 5) is 14.9. The van der Waals surface area contributed by atoms with Crippen molar-refractivity contribution in [2.75, 3.05) is 24.3 Å². The Bertz CT molecular complexity index is 788. The average molecular weight is 369 g/mol. The first kappa shape index (κ1) is 20.8. The van der Waals surface area contributed by atoms with Gasteiger partial charge in [-0.15, -0.1) is 0 Å². The van der Waals surface area contributed by atoms with Crippen molar-refractivity contribution < 1.29 is 9.90 Å². The number of rotatable bonds is 3. The first-order chi connectivity index (χ1) is 12.3. The third-order valence-corrected chi connectivity index (χ3v) is 4.63. The van der Waals surface area contributed by atoms with E-state index in [1.54, 1.807) is 12.1 Å². The molecule has 0 radical (unpaired) electrons. The molecule has 2 N–H and O–H groups in total. The molecule has 27 heavy (non-hydrogen) atoms. The number of hydrogen-bond acceptors (Lipinski definition) is 3. The van der Waals surface area contributed by atoms with Gasteiger partial charge < -0.3 is 15.3 Å². The van der Waals surface area contributed by atoms with Gasteiger partial charge in [0, 0.05) is 42.2 Å². The van der Waals surface area contributed by atoms with Crippen molar-refractivity contribution in [1.29, 1.82) is 0 Å². The summed E-state index contributed by atoms with van der Waals surface area (Å²) in [5.74, 6) is 0.102. The average Bonchev–Trinajstić information content (AvgIpc) is 2.53. The number of aromatic hydroxyl groups is 1. The van der Waals surface area contributed by atoms with Gasteiger partial charge in [-0.2, -0.15) is 0 Å². The molecule has 0 unspecified atom stereocenters. The number of phenolic OH excluding ortho intramolecular Hbond substituents is 1. The second kappa shape index (κ2) is 7.26. The molecular weight excluding hydrogens is 336 g/mol. The fourth-order valence-corrected chi connectivity index (χ4v) is 2.96. The van der Waals surface area contributed by atoms with Crippen LogP contribution >= 0.6 is 0 Å². The Hall–Kier alpha value is -2.49. The first-order valence-electron chi connectivity index (χ1n) is 9.27. The van der Waals surface area contributed by atoms with Crippen molar-refractivity contribution in [2.45, 2.75) is 52.4 Å². The van der Waals surface area contributed by atoms with E-state index in [0.29, 0.717) is 5.56 Å². The topological polar surface area (TPSA) is 52.6 Å². The first-order valence-corrected chi connectivity index (χ1v) is 9.27. The number of amides is 1. The van der Waals surface area contributed by atoms with Gasteiger partial charge in [-0.3, -0.25) is 4.79 Å². The zero-order valence-corrected chi connectivity index (χ0v) is 17.8. The Morgan fingerprint density at radius 1 is 0.889 bits per heavy atom. The number of benzene rings is 2. The number of carbonyl (C=O) groups is 1. The minimum Gasteiger partial charge on any atom is -0.507 e. The van der Waals surface area contributed by atoms with Gasteiger partial charge in [0.15, 0.2) is 0 Å². The lowest BCUT2D eigenvalue weighted by Gasteiger charge is -2.28. The Morgan fingerprint density at radius 2 is 1.33 bits per heavy atom.